The Balaban J connectivity index is 2.02. The molecule has 1 unspecified atom stereocenters. The standard InChI is InChI=1S/C13H23N3O/c1-4-11-8-12(15(3)14-11)9-16-7-5-6-13(2,17)10-16/h8,17H,4-7,9-10H2,1-3H3. The van der Waals surface area contributed by atoms with E-state index >= 15 is 0 Å². The Morgan fingerprint density at radius 3 is 2.88 bits per heavy atom. The van der Waals surface area contributed by atoms with Crippen molar-refractivity contribution in [2.45, 2.75) is 45.3 Å². The fourth-order valence-electron chi connectivity index (χ4n) is 2.58. The van der Waals surface area contributed by atoms with Gasteiger partial charge in [-0.1, -0.05) is 6.92 Å². The van der Waals surface area contributed by atoms with Crippen LogP contribution in [-0.2, 0) is 20.0 Å². The van der Waals surface area contributed by atoms with Crippen molar-refractivity contribution in [2.24, 2.45) is 7.05 Å². The van der Waals surface area contributed by atoms with Gasteiger partial charge in [-0.2, -0.15) is 5.10 Å². The van der Waals surface area contributed by atoms with Crippen molar-refractivity contribution < 1.29 is 5.11 Å². The van der Waals surface area contributed by atoms with Crippen LogP contribution < -0.4 is 0 Å². The first-order valence-corrected chi connectivity index (χ1v) is 6.47. The Hall–Kier alpha value is -0.870. The average molecular weight is 237 g/mol. The van der Waals surface area contributed by atoms with E-state index in [-0.39, 0.29) is 0 Å². The van der Waals surface area contributed by atoms with E-state index in [1.54, 1.807) is 0 Å². The van der Waals surface area contributed by atoms with Crippen LogP contribution in [0.15, 0.2) is 6.07 Å². The highest BCUT2D eigenvalue weighted by atomic mass is 16.3. The quantitative estimate of drug-likeness (QED) is 0.862. The van der Waals surface area contributed by atoms with E-state index in [1.807, 2.05) is 18.7 Å². The van der Waals surface area contributed by atoms with E-state index < -0.39 is 5.60 Å². The fourth-order valence-corrected chi connectivity index (χ4v) is 2.58. The van der Waals surface area contributed by atoms with Gasteiger partial charge in [-0.25, -0.2) is 0 Å². The van der Waals surface area contributed by atoms with Crippen molar-refractivity contribution in [3.8, 4) is 0 Å². The molecule has 1 aromatic heterocycles. The van der Waals surface area contributed by atoms with Gasteiger partial charge in [0.1, 0.15) is 0 Å². The molecular formula is C13H23N3O. The lowest BCUT2D eigenvalue weighted by molar-refractivity contribution is -0.0187. The fraction of sp³-hybridized carbons (Fsp3) is 0.769. The highest BCUT2D eigenvalue weighted by Crippen LogP contribution is 2.21. The molecule has 1 aliphatic rings. The molecule has 0 saturated carbocycles. The molecule has 0 amide bonds. The summed E-state index contributed by atoms with van der Waals surface area (Å²) in [5.41, 5.74) is 1.86. The molecule has 0 spiro atoms. The number of piperidine rings is 1. The predicted octanol–water partition coefficient (Wildman–Crippen LogP) is 1.33. The van der Waals surface area contributed by atoms with E-state index in [4.69, 9.17) is 0 Å². The molecule has 0 bridgehead atoms. The summed E-state index contributed by atoms with van der Waals surface area (Å²) in [5.74, 6) is 0. The number of nitrogens with zero attached hydrogens (tertiary/aromatic N) is 3. The summed E-state index contributed by atoms with van der Waals surface area (Å²) >= 11 is 0. The molecule has 1 fully saturated rings. The maximum atomic E-state index is 10.1. The van der Waals surface area contributed by atoms with Gasteiger partial charge in [-0.3, -0.25) is 9.58 Å². The van der Waals surface area contributed by atoms with Crippen LogP contribution in [0.3, 0.4) is 0 Å². The molecule has 1 saturated heterocycles. The molecule has 4 heteroatoms. The number of hydrogen-bond acceptors (Lipinski definition) is 3. The van der Waals surface area contributed by atoms with Crippen LogP contribution in [0.1, 0.15) is 38.1 Å². The maximum Gasteiger partial charge on any atom is 0.0746 e. The average Bonchev–Trinajstić information content (AvgIpc) is 2.58. The van der Waals surface area contributed by atoms with Crippen molar-refractivity contribution in [1.29, 1.82) is 0 Å². The summed E-state index contributed by atoms with van der Waals surface area (Å²) < 4.78 is 1.96. The lowest BCUT2D eigenvalue weighted by Gasteiger charge is -2.36. The zero-order valence-electron chi connectivity index (χ0n) is 11.1. The summed E-state index contributed by atoms with van der Waals surface area (Å²) in [5, 5.41) is 14.5. The molecule has 17 heavy (non-hydrogen) atoms. The van der Waals surface area contributed by atoms with Gasteiger partial charge in [0.05, 0.1) is 17.0 Å². The SMILES string of the molecule is CCc1cc(CN2CCCC(C)(O)C2)n(C)n1. The second-order valence-corrected chi connectivity index (χ2v) is 5.42. The van der Waals surface area contributed by atoms with Gasteiger partial charge in [-0.05, 0) is 38.8 Å². The third-order valence-corrected chi connectivity index (χ3v) is 3.53. The molecule has 4 nitrogen and oxygen atoms in total. The number of β-amino-alcohol motifs (C(OH)–C–C–N with tert-alkyl or cyclic N) is 1. The van der Waals surface area contributed by atoms with Crippen LogP contribution in [0.5, 0.6) is 0 Å². The number of aromatic nitrogens is 2. The monoisotopic (exact) mass is 237 g/mol. The zero-order valence-corrected chi connectivity index (χ0v) is 11.1. The predicted molar refractivity (Wildman–Crippen MR) is 67.7 cm³/mol. The highest BCUT2D eigenvalue weighted by molar-refractivity contribution is 5.10. The zero-order chi connectivity index (χ0) is 12.5. The number of aliphatic hydroxyl groups is 1. The minimum atomic E-state index is -0.523. The van der Waals surface area contributed by atoms with Gasteiger partial charge in [0.15, 0.2) is 0 Å². The van der Waals surface area contributed by atoms with Crippen LogP contribution in [0.4, 0.5) is 0 Å². The maximum absolute atomic E-state index is 10.1. The van der Waals surface area contributed by atoms with Gasteiger partial charge < -0.3 is 5.11 Å². The first-order valence-electron chi connectivity index (χ1n) is 6.47. The van der Waals surface area contributed by atoms with Crippen LogP contribution in [0.2, 0.25) is 0 Å². The molecular weight excluding hydrogens is 214 g/mol. The summed E-state index contributed by atoms with van der Waals surface area (Å²) in [6.45, 7) is 6.78. The molecule has 0 aliphatic carbocycles. The first kappa shape index (κ1) is 12.6. The molecule has 1 atom stereocenters. The van der Waals surface area contributed by atoms with Gasteiger partial charge in [0.25, 0.3) is 0 Å². The number of hydrogen-bond donors (Lipinski definition) is 1. The van der Waals surface area contributed by atoms with Gasteiger partial charge in [0.2, 0.25) is 0 Å². The molecule has 1 aliphatic heterocycles. The van der Waals surface area contributed by atoms with Crippen LogP contribution in [-0.4, -0.2) is 38.5 Å². The molecule has 2 rings (SSSR count). The third kappa shape index (κ3) is 3.07. The number of rotatable bonds is 3. The minimum absolute atomic E-state index is 0.523. The van der Waals surface area contributed by atoms with Crippen molar-refractivity contribution in [2.75, 3.05) is 13.1 Å². The smallest absolute Gasteiger partial charge is 0.0746 e. The second-order valence-electron chi connectivity index (χ2n) is 5.42. The molecule has 0 radical (unpaired) electrons. The van der Waals surface area contributed by atoms with Gasteiger partial charge in [-0.15, -0.1) is 0 Å². The molecule has 1 aromatic rings. The summed E-state index contributed by atoms with van der Waals surface area (Å²) in [6, 6.07) is 2.17. The van der Waals surface area contributed by atoms with E-state index in [1.165, 1.54) is 5.69 Å². The van der Waals surface area contributed by atoms with Gasteiger partial charge >= 0.3 is 0 Å². The molecule has 96 valence electrons. The summed E-state index contributed by atoms with van der Waals surface area (Å²) in [6.07, 6.45) is 2.96. The van der Waals surface area contributed by atoms with Gasteiger partial charge in [0, 0.05) is 20.1 Å². The Labute approximate surface area is 103 Å². The Morgan fingerprint density at radius 2 is 2.29 bits per heavy atom. The molecule has 2 heterocycles. The molecule has 0 aromatic carbocycles. The number of aryl methyl sites for hydroxylation is 2. The van der Waals surface area contributed by atoms with Crippen LogP contribution >= 0.6 is 0 Å². The Morgan fingerprint density at radius 1 is 1.53 bits per heavy atom. The lowest BCUT2D eigenvalue weighted by Crippen LogP contribution is -2.45. The Kier molecular flexibility index (Phi) is 3.54. The highest BCUT2D eigenvalue weighted by Gasteiger charge is 2.28. The van der Waals surface area contributed by atoms with E-state index in [2.05, 4.69) is 23.0 Å². The van der Waals surface area contributed by atoms with E-state index in [0.29, 0.717) is 0 Å². The summed E-state index contributed by atoms with van der Waals surface area (Å²) in [4.78, 5) is 2.32. The molecule has 1 N–H and O–H groups in total. The first-order chi connectivity index (χ1) is 8.00. The third-order valence-electron chi connectivity index (χ3n) is 3.53. The van der Waals surface area contributed by atoms with Crippen LogP contribution in [0, 0.1) is 0 Å². The van der Waals surface area contributed by atoms with E-state index in [9.17, 15) is 5.11 Å². The largest absolute Gasteiger partial charge is 0.389 e. The minimum Gasteiger partial charge on any atom is -0.389 e. The van der Waals surface area contributed by atoms with Crippen molar-refractivity contribution in [3.05, 3.63) is 17.5 Å². The summed E-state index contributed by atoms with van der Waals surface area (Å²) in [7, 11) is 2.00. The second kappa shape index (κ2) is 4.78. The number of likely N-dealkylation sites (tertiary alicyclic amines) is 1. The Bertz CT molecular complexity index is 384. The lowest BCUT2D eigenvalue weighted by atomic mass is 9.95. The van der Waals surface area contributed by atoms with Crippen molar-refractivity contribution in [1.82, 2.24) is 14.7 Å². The topological polar surface area (TPSA) is 41.3 Å². The van der Waals surface area contributed by atoms with Crippen molar-refractivity contribution in [3.63, 3.8) is 0 Å². The normalized spacial score (nSPS) is 26.4. The van der Waals surface area contributed by atoms with Crippen LogP contribution in [0.25, 0.3) is 0 Å². The van der Waals surface area contributed by atoms with E-state index in [0.717, 1.165) is 44.6 Å². The van der Waals surface area contributed by atoms with Crippen molar-refractivity contribution >= 4 is 0 Å².